The van der Waals surface area contributed by atoms with Crippen LogP contribution in [0.25, 0.3) is 0 Å². The van der Waals surface area contributed by atoms with Gasteiger partial charge in [0.15, 0.2) is 5.82 Å². The van der Waals surface area contributed by atoms with Gasteiger partial charge in [-0.05, 0) is 27.7 Å². The summed E-state index contributed by atoms with van der Waals surface area (Å²) in [6.45, 7) is 8.77. The molecule has 4 nitrogen and oxygen atoms in total. The van der Waals surface area contributed by atoms with Crippen LogP contribution in [0, 0.1) is 0 Å². The SMILES string of the molecule is CCOC(C)c1nsc(NC(C)C)n1. The minimum atomic E-state index is -0.0148. The molecule has 0 aliphatic carbocycles. The maximum Gasteiger partial charge on any atom is 0.202 e. The maximum atomic E-state index is 5.40. The predicted octanol–water partition coefficient (Wildman–Crippen LogP) is 2.46. The molecule has 0 saturated carbocycles. The lowest BCUT2D eigenvalue weighted by atomic mass is 10.4. The molecule has 0 aromatic carbocycles. The van der Waals surface area contributed by atoms with Crippen LogP contribution >= 0.6 is 11.5 Å². The molecule has 1 aromatic heterocycles. The van der Waals surface area contributed by atoms with E-state index in [-0.39, 0.29) is 6.10 Å². The van der Waals surface area contributed by atoms with E-state index < -0.39 is 0 Å². The summed E-state index contributed by atoms with van der Waals surface area (Å²) in [6.07, 6.45) is -0.0148. The fourth-order valence-corrected chi connectivity index (χ4v) is 1.82. The first kappa shape index (κ1) is 11.4. The van der Waals surface area contributed by atoms with Crippen LogP contribution in [0.15, 0.2) is 0 Å². The number of nitrogens with one attached hydrogen (secondary N) is 1. The van der Waals surface area contributed by atoms with Gasteiger partial charge in [0.25, 0.3) is 0 Å². The van der Waals surface area contributed by atoms with E-state index >= 15 is 0 Å². The molecule has 1 unspecified atom stereocenters. The lowest BCUT2D eigenvalue weighted by Crippen LogP contribution is -2.09. The molecule has 5 heteroatoms. The molecule has 0 saturated heterocycles. The number of anilines is 1. The Hall–Kier alpha value is -0.680. The molecule has 0 bridgehead atoms. The van der Waals surface area contributed by atoms with Crippen molar-refractivity contribution in [1.29, 1.82) is 0 Å². The highest BCUT2D eigenvalue weighted by molar-refractivity contribution is 7.09. The van der Waals surface area contributed by atoms with E-state index in [1.165, 1.54) is 11.5 Å². The Balaban J connectivity index is 2.58. The van der Waals surface area contributed by atoms with E-state index in [4.69, 9.17) is 4.74 Å². The highest BCUT2D eigenvalue weighted by Gasteiger charge is 2.11. The standard InChI is InChI=1S/C9H17N3OS/c1-5-13-7(4)8-11-9(14-12-8)10-6(2)3/h6-7H,5H2,1-4H3,(H,10,11,12). The van der Waals surface area contributed by atoms with Crippen molar-refractivity contribution in [2.75, 3.05) is 11.9 Å². The molecule has 1 rings (SSSR count). The molecule has 0 amide bonds. The van der Waals surface area contributed by atoms with E-state index in [1.54, 1.807) is 0 Å². The van der Waals surface area contributed by atoms with E-state index in [0.717, 1.165) is 11.0 Å². The van der Waals surface area contributed by atoms with Gasteiger partial charge in [-0.2, -0.15) is 4.37 Å². The molecule has 1 N–H and O–H groups in total. The first-order valence-electron chi connectivity index (χ1n) is 4.85. The summed E-state index contributed by atoms with van der Waals surface area (Å²) in [4.78, 5) is 4.34. The number of hydrogen-bond acceptors (Lipinski definition) is 5. The Morgan fingerprint density at radius 3 is 2.71 bits per heavy atom. The summed E-state index contributed by atoms with van der Waals surface area (Å²) in [7, 11) is 0. The zero-order valence-electron chi connectivity index (χ0n) is 9.07. The molecule has 0 aliphatic heterocycles. The van der Waals surface area contributed by atoms with Crippen LogP contribution in [0.2, 0.25) is 0 Å². The quantitative estimate of drug-likeness (QED) is 0.819. The molecule has 0 spiro atoms. The van der Waals surface area contributed by atoms with Crippen molar-refractivity contribution < 1.29 is 4.74 Å². The molecule has 14 heavy (non-hydrogen) atoms. The smallest absolute Gasteiger partial charge is 0.202 e. The van der Waals surface area contributed by atoms with Crippen molar-refractivity contribution in [1.82, 2.24) is 9.36 Å². The Labute approximate surface area is 88.9 Å². The minimum Gasteiger partial charge on any atom is -0.371 e. The van der Waals surface area contributed by atoms with Crippen molar-refractivity contribution in [2.45, 2.75) is 39.8 Å². The van der Waals surface area contributed by atoms with Gasteiger partial charge in [0.05, 0.1) is 0 Å². The molecule has 0 fully saturated rings. The van der Waals surface area contributed by atoms with Crippen LogP contribution in [-0.4, -0.2) is 22.0 Å². The molecule has 0 aliphatic rings. The fraction of sp³-hybridized carbons (Fsp3) is 0.778. The van der Waals surface area contributed by atoms with Crippen LogP contribution in [0.3, 0.4) is 0 Å². The second kappa shape index (κ2) is 5.26. The van der Waals surface area contributed by atoms with Gasteiger partial charge in [-0.3, -0.25) is 0 Å². The zero-order chi connectivity index (χ0) is 10.6. The van der Waals surface area contributed by atoms with E-state index in [9.17, 15) is 0 Å². The van der Waals surface area contributed by atoms with Gasteiger partial charge in [0.2, 0.25) is 5.13 Å². The molecule has 80 valence electrons. The van der Waals surface area contributed by atoms with Crippen LogP contribution in [-0.2, 0) is 4.74 Å². The third-order valence-corrected chi connectivity index (χ3v) is 2.29. The Morgan fingerprint density at radius 2 is 2.14 bits per heavy atom. The zero-order valence-corrected chi connectivity index (χ0v) is 9.89. The summed E-state index contributed by atoms with van der Waals surface area (Å²) in [6, 6.07) is 0.387. The fourth-order valence-electron chi connectivity index (χ4n) is 1.03. The van der Waals surface area contributed by atoms with Crippen LogP contribution in [0.5, 0.6) is 0 Å². The van der Waals surface area contributed by atoms with Gasteiger partial charge in [-0.1, -0.05) is 0 Å². The van der Waals surface area contributed by atoms with Gasteiger partial charge in [0, 0.05) is 24.2 Å². The van der Waals surface area contributed by atoms with Crippen molar-refractivity contribution >= 4 is 16.7 Å². The normalized spacial score (nSPS) is 13.2. The van der Waals surface area contributed by atoms with Crippen molar-refractivity contribution in [2.24, 2.45) is 0 Å². The maximum absolute atomic E-state index is 5.40. The van der Waals surface area contributed by atoms with Crippen LogP contribution in [0.1, 0.15) is 39.6 Å². The Morgan fingerprint density at radius 1 is 1.43 bits per heavy atom. The number of nitrogens with zero attached hydrogens (tertiary/aromatic N) is 2. The average molecular weight is 215 g/mol. The first-order valence-corrected chi connectivity index (χ1v) is 5.62. The van der Waals surface area contributed by atoms with E-state index in [0.29, 0.717) is 12.6 Å². The Kier molecular flexibility index (Phi) is 4.28. The van der Waals surface area contributed by atoms with Gasteiger partial charge >= 0.3 is 0 Å². The van der Waals surface area contributed by atoms with Crippen molar-refractivity contribution in [3.63, 3.8) is 0 Å². The third-order valence-electron chi connectivity index (χ3n) is 1.63. The first-order chi connectivity index (χ1) is 6.63. The van der Waals surface area contributed by atoms with Crippen LogP contribution in [0.4, 0.5) is 5.13 Å². The van der Waals surface area contributed by atoms with Crippen LogP contribution < -0.4 is 5.32 Å². The summed E-state index contributed by atoms with van der Waals surface area (Å²) in [5.74, 6) is 0.764. The lowest BCUT2D eigenvalue weighted by molar-refractivity contribution is 0.0710. The van der Waals surface area contributed by atoms with Crippen molar-refractivity contribution in [3.8, 4) is 0 Å². The molecular formula is C9H17N3OS. The number of rotatable bonds is 5. The second-order valence-corrected chi connectivity index (χ2v) is 4.11. The van der Waals surface area contributed by atoms with E-state index in [1.807, 2.05) is 13.8 Å². The highest BCUT2D eigenvalue weighted by atomic mass is 32.1. The van der Waals surface area contributed by atoms with E-state index in [2.05, 4.69) is 28.5 Å². The summed E-state index contributed by atoms with van der Waals surface area (Å²) in [5.41, 5.74) is 0. The molecular weight excluding hydrogens is 198 g/mol. The third kappa shape index (κ3) is 3.23. The minimum absolute atomic E-state index is 0.0148. The highest BCUT2D eigenvalue weighted by Crippen LogP contribution is 2.19. The largest absolute Gasteiger partial charge is 0.371 e. The van der Waals surface area contributed by atoms with Gasteiger partial charge in [-0.25, -0.2) is 4.98 Å². The summed E-state index contributed by atoms with van der Waals surface area (Å²) in [5, 5.41) is 4.07. The number of aromatic nitrogens is 2. The summed E-state index contributed by atoms with van der Waals surface area (Å²) >= 11 is 1.38. The summed E-state index contributed by atoms with van der Waals surface area (Å²) < 4.78 is 9.63. The van der Waals surface area contributed by atoms with Gasteiger partial charge in [0.1, 0.15) is 6.10 Å². The Bertz CT molecular complexity index is 275. The second-order valence-electron chi connectivity index (χ2n) is 3.35. The molecule has 1 heterocycles. The monoisotopic (exact) mass is 215 g/mol. The predicted molar refractivity (Wildman–Crippen MR) is 58.7 cm³/mol. The van der Waals surface area contributed by atoms with Gasteiger partial charge in [-0.15, -0.1) is 0 Å². The van der Waals surface area contributed by atoms with Crippen molar-refractivity contribution in [3.05, 3.63) is 5.82 Å². The molecule has 1 aromatic rings. The average Bonchev–Trinajstić information content (AvgIpc) is 2.52. The lowest BCUT2D eigenvalue weighted by Gasteiger charge is -2.06. The number of ether oxygens (including phenoxy) is 1. The van der Waals surface area contributed by atoms with Gasteiger partial charge < -0.3 is 10.1 Å². The number of hydrogen-bond donors (Lipinski definition) is 1. The molecule has 1 atom stereocenters. The molecule has 0 radical (unpaired) electrons. The topological polar surface area (TPSA) is 47.0 Å².